The van der Waals surface area contributed by atoms with Gasteiger partial charge in [-0.2, -0.15) is 0 Å². The van der Waals surface area contributed by atoms with E-state index in [0.29, 0.717) is 16.2 Å². The fraction of sp³-hybridized carbons (Fsp3) is 0.190. The number of benzene rings is 2. The summed E-state index contributed by atoms with van der Waals surface area (Å²) in [6, 6.07) is 13.6. The fourth-order valence-corrected chi connectivity index (χ4v) is 4.09. The Hall–Kier alpha value is -3.06. The molecule has 0 unspecified atom stereocenters. The highest BCUT2D eigenvalue weighted by molar-refractivity contribution is 7.99. The maximum absolute atomic E-state index is 12.7. The number of para-hydroxylation sites is 1. The SMILES string of the molecule is Cc1cc(C)cc(NC(=O)CSc2nc3c([nH]c4ccccc43)c(=O)n2C)c1. The average molecular weight is 392 g/mol. The summed E-state index contributed by atoms with van der Waals surface area (Å²) in [5.41, 5.74) is 4.80. The van der Waals surface area contributed by atoms with Gasteiger partial charge in [-0.25, -0.2) is 4.98 Å². The van der Waals surface area contributed by atoms with Crippen molar-refractivity contribution in [2.24, 2.45) is 7.05 Å². The molecule has 7 heteroatoms. The molecule has 2 aromatic heterocycles. The summed E-state index contributed by atoms with van der Waals surface area (Å²) in [4.78, 5) is 32.9. The van der Waals surface area contributed by atoms with Crippen LogP contribution in [0, 0.1) is 13.8 Å². The Bertz CT molecular complexity index is 1250. The Morgan fingerprint density at radius 2 is 1.89 bits per heavy atom. The number of H-pyrrole nitrogens is 1. The van der Waals surface area contributed by atoms with Gasteiger partial charge in [-0.1, -0.05) is 36.0 Å². The largest absolute Gasteiger partial charge is 0.349 e. The molecule has 2 heterocycles. The van der Waals surface area contributed by atoms with Crippen LogP contribution in [-0.2, 0) is 11.8 Å². The standard InChI is InChI=1S/C21H20N4O2S/c1-12-8-13(2)10-14(9-12)22-17(26)11-28-21-24-18-15-6-4-5-7-16(15)23-19(18)20(27)25(21)3/h4-10,23H,11H2,1-3H3,(H,22,26). The summed E-state index contributed by atoms with van der Waals surface area (Å²) < 4.78 is 1.48. The summed E-state index contributed by atoms with van der Waals surface area (Å²) in [6.45, 7) is 3.99. The Kier molecular flexibility index (Phi) is 4.68. The molecular weight excluding hydrogens is 372 g/mol. The van der Waals surface area contributed by atoms with E-state index in [0.717, 1.165) is 27.7 Å². The van der Waals surface area contributed by atoms with Gasteiger partial charge in [-0.15, -0.1) is 0 Å². The third-order valence-electron chi connectivity index (χ3n) is 4.53. The Morgan fingerprint density at radius 1 is 1.18 bits per heavy atom. The Labute approximate surface area is 166 Å². The van der Waals surface area contributed by atoms with Gasteiger partial charge in [-0.05, 0) is 43.2 Å². The zero-order chi connectivity index (χ0) is 19.8. The number of nitrogens with one attached hydrogen (secondary N) is 2. The van der Waals surface area contributed by atoms with E-state index in [1.165, 1.54) is 16.3 Å². The average Bonchev–Trinajstić information content (AvgIpc) is 3.01. The zero-order valence-electron chi connectivity index (χ0n) is 15.9. The lowest BCUT2D eigenvalue weighted by atomic mass is 10.1. The van der Waals surface area contributed by atoms with Crippen LogP contribution in [-0.4, -0.2) is 26.2 Å². The molecule has 2 aromatic carbocycles. The van der Waals surface area contributed by atoms with E-state index in [2.05, 4.69) is 21.4 Å². The first-order valence-corrected chi connectivity index (χ1v) is 9.89. The van der Waals surface area contributed by atoms with E-state index in [9.17, 15) is 9.59 Å². The molecule has 4 rings (SSSR count). The molecule has 4 aromatic rings. The van der Waals surface area contributed by atoms with Crippen LogP contribution in [0.4, 0.5) is 5.69 Å². The molecule has 0 bridgehead atoms. The predicted molar refractivity (Wildman–Crippen MR) is 114 cm³/mol. The van der Waals surface area contributed by atoms with E-state index in [1.54, 1.807) is 7.05 Å². The molecule has 0 aliphatic carbocycles. The molecule has 28 heavy (non-hydrogen) atoms. The number of rotatable bonds is 4. The molecule has 142 valence electrons. The van der Waals surface area contributed by atoms with Crippen molar-refractivity contribution in [1.29, 1.82) is 0 Å². The van der Waals surface area contributed by atoms with Crippen LogP contribution in [0.1, 0.15) is 11.1 Å². The van der Waals surface area contributed by atoms with E-state index in [1.807, 2.05) is 50.2 Å². The van der Waals surface area contributed by atoms with Crippen LogP contribution >= 0.6 is 11.8 Å². The van der Waals surface area contributed by atoms with Crippen LogP contribution in [0.3, 0.4) is 0 Å². The minimum absolute atomic E-state index is 0.136. The van der Waals surface area contributed by atoms with Crippen molar-refractivity contribution in [1.82, 2.24) is 14.5 Å². The number of fused-ring (bicyclic) bond motifs is 3. The number of carbonyl (C=O) groups excluding carboxylic acids is 1. The van der Waals surface area contributed by atoms with Gasteiger partial charge in [-0.3, -0.25) is 14.2 Å². The molecule has 0 atom stereocenters. The van der Waals surface area contributed by atoms with Crippen LogP contribution in [0.2, 0.25) is 0 Å². The van der Waals surface area contributed by atoms with Crippen LogP contribution in [0.5, 0.6) is 0 Å². The summed E-state index contributed by atoms with van der Waals surface area (Å²) in [6.07, 6.45) is 0. The Morgan fingerprint density at radius 3 is 2.64 bits per heavy atom. The second kappa shape index (κ2) is 7.16. The number of thioether (sulfide) groups is 1. The van der Waals surface area contributed by atoms with Crippen LogP contribution < -0.4 is 10.9 Å². The number of hydrogen-bond donors (Lipinski definition) is 2. The molecule has 0 aliphatic rings. The summed E-state index contributed by atoms with van der Waals surface area (Å²) in [5.74, 6) is 0.0319. The van der Waals surface area contributed by atoms with Gasteiger partial charge in [0, 0.05) is 23.6 Å². The minimum atomic E-state index is -0.154. The molecule has 0 radical (unpaired) electrons. The van der Waals surface area contributed by atoms with Crippen molar-refractivity contribution >= 4 is 45.3 Å². The number of carbonyl (C=O) groups is 1. The van der Waals surface area contributed by atoms with Crippen molar-refractivity contribution < 1.29 is 4.79 Å². The number of hydrogen-bond acceptors (Lipinski definition) is 4. The highest BCUT2D eigenvalue weighted by Crippen LogP contribution is 2.24. The molecular formula is C21H20N4O2S. The molecule has 0 fully saturated rings. The monoisotopic (exact) mass is 392 g/mol. The number of aryl methyl sites for hydroxylation is 2. The van der Waals surface area contributed by atoms with Crippen LogP contribution in [0.25, 0.3) is 21.9 Å². The lowest BCUT2D eigenvalue weighted by Crippen LogP contribution is -2.21. The second-order valence-corrected chi connectivity index (χ2v) is 7.81. The van der Waals surface area contributed by atoms with Gasteiger partial charge in [0.05, 0.1) is 5.75 Å². The smallest absolute Gasteiger partial charge is 0.278 e. The number of aromatic amines is 1. The first kappa shape index (κ1) is 18.3. The van der Waals surface area contributed by atoms with Gasteiger partial charge in [0.1, 0.15) is 11.0 Å². The summed E-state index contributed by atoms with van der Waals surface area (Å²) >= 11 is 1.25. The van der Waals surface area contributed by atoms with Crippen molar-refractivity contribution in [3.8, 4) is 0 Å². The maximum atomic E-state index is 12.7. The molecule has 2 N–H and O–H groups in total. The van der Waals surface area contributed by atoms with E-state index in [-0.39, 0.29) is 17.2 Å². The highest BCUT2D eigenvalue weighted by Gasteiger charge is 2.15. The summed E-state index contributed by atoms with van der Waals surface area (Å²) in [7, 11) is 1.67. The Balaban J connectivity index is 1.59. The van der Waals surface area contributed by atoms with E-state index < -0.39 is 0 Å². The van der Waals surface area contributed by atoms with E-state index in [4.69, 9.17) is 0 Å². The van der Waals surface area contributed by atoms with Crippen molar-refractivity contribution in [3.05, 3.63) is 63.9 Å². The lowest BCUT2D eigenvalue weighted by molar-refractivity contribution is -0.113. The first-order chi connectivity index (χ1) is 13.4. The lowest BCUT2D eigenvalue weighted by Gasteiger charge is -2.09. The van der Waals surface area contributed by atoms with Gasteiger partial charge in [0.15, 0.2) is 5.16 Å². The maximum Gasteiger partial charge on any atom is 0.278 e. The number of anilines is 1. The molecule has 0 spiro atoms. The molecule has 6 nitrogen and oxygen atoms in total. The topological polar surface area (TPSA) is 79.8 Å². The van der Waals surface area contributed by atoms with Gasteiger partial charge in [0.25, 0.3) is 5.56 Å². The fourth-order valence-electron chi connectivity index (χ4n) is 3.33. The number of aromatic nitrogens is 3. The predicted octanol–water partition coefficient (Wildman–Crippen LogP) is 3.76. The van der Waals surface area contributed by atoms with Crippen molar-refractivity contribution in [2.75, 3.05) is 11.1 Å². The first-order valence-electron chi connectivity index (χ1n) is 8.91. The normalized spacial score (nSPS) is 11.2. The van der Waals surface area contributed by atoms with Gasteiger partial charge >= 0.3 is 0 Å². The quantitative estimate of drug-likeness (QED) is 0.409. The second-order valence-electron chi connectivity index (χ2n) is 6.87. The molecule has 0 saturated carbocycles. The zero-order valence-corrected chi connectivity index (χ0v) is 16.7. The third-order valence-corrected chi connectivity index (χ3v) is 5.56. The molecule has 0 aliphatic heterocycles. The van der Waals surface area contributed by atoms with E-state index >= 15 is 0 Å². The van der Waals surface area contributed by atoms with Gasteiger partial charge in [0.2, 0.25) is 5.91 Å². The number of amides is 1. The van der Waals surface area contributed by atoms with Crippen molar-refractivity contribution in [3.63, 3.8) is 0 Å². The van der Waals surface area contributed by atoms with Crippen molar-refractivity contribution in [2.45, 2.75) is 19.0 Å². The summed E-state index contributed by atoms with van der Waals surface area (Å²) in [5, 5.41) is 4.32. The molecule has 0 saturated heterocycles. The highest BCUT2D eigenvalue weighted by atomic mass is 32.2. The molecule has 1 amide bonds. The third kappa shape index (κ3) is 3.41. The number of nitrogens with zero attached hydrogens (tertiary/aromatic N) is 2. The van der Waals surface area contributed by atoms with Crippen LogP contribution in [0.15, 0.2) is 52.4 Å². The van der Waals surface area contributed by atoms with Gasteiger partial charge < -0.3 is 10.3 Å². The minimum Gasteiger partial charge on any atom is -0.349 e.